The predicted octanol–water partition coefficient (Wildman–Crippen LogP) is 3.13. The maximum atomic E-state index is 11.4. The van der Waals surface area contributed by atoms with Crippen LogP contribution in [0.15, 0.2) is 24.3 Å². The van der Waals surface area contributed by atoms with Crippen molar-refractivity contribution in [3.8, 4) is 0 Å². The van der Waals surface area contributed by atoms with Crippen molar-refractivity contribution < 1.29 is 4.79 Å². The Balaban J connectivity index is 1.85. The van der Waals surface area contributed by atoms with Crippen molar-refractivity contribution in [3.05, 3.63) is 29.8 Å². The van der Waals surface area contributed by atoms with Crippen molar-refractivity contribution in [2.45, 2.75) is 38.0 Å². The first-order chi connectivity index (χ1) is 8.21. The van der Waals surface area contributed by atoms with Gasteiger partial charge in [-0.2, -0.15) is 0 Å². The molecule has 0 bridgehead atoms. The Morgan fingerprint density at radius 3 is 2.71 bits per heavy atom. The molecular weight excluding hydrogens is 210 g/mol. The van der Waals surface area contributed by atoms with E-state index in [-0.39, 0.29) is 0 Å². The molecule has 2 nitrogen and oxygen atoms in total. The highest BCUT2D eigenvalue weighted by molar-refractivity contribution is 5.78. The minimum absolute atomic E-state index is 0.308. The molecule has 1 heterocycles. The van der Waals surface area contributed by atoms with E-state index in [0.29, 0.717) is 17.1 Å². The minimum Gasteiger partial charge on any atom is -0.384 e. The molecule has 1 N–H and O–H groups in total. The molecule has 1 spiro atoms. The third-order valence-corrected chi connectivity index (χ3v) is 4.63. The second kappa shape index (κ2) is 3.86. The number of carbonyl (C=O) groups is 1. The van der Waals surface area contributed by atoms with Gasteiger partial charge in [0.15, 0.2) is 0 Å². The highest BCUT2D eigenvalue weighted by Crippen LogP contribution is 2.47. The Kier molecular flexibility index (Phi) is 2.46. The zero-order valence-corrected chi connectivity index (χ0v) is 10.3. The van der Waals surface area contributed by atoms with Gasteiger partial charge in [-0.1, -0.05) is 18.2 Å². The highest BCUT2D eigenvalue weighted by atomic mass is 16.1. The molecule has 1 saturated carbocycles. The maximum absolute atomic E-state index is 11.4. The van der Waals surface area contributed by atoms with Gasteiger partial charge in [0.25, 0.3) is 0 Å². The number of rotatable bonds is 1. The fourth-order valence-corrected chi connectivity index (χ4v) is 3.48. The molecule has 0 amide bonds. The number of ketones is 1. The van der Waals surface area contributed by atoms with Crippen molar-refractivity contribution in [1.82, 2.24) is 0 Å². The van der Waals surface area contributed by atoms with Crippen molar-refractivity contribution in [1.29, 1.82) is 0 Å². The highest BCUT2D eigenvalue weighted by Gasteiger charge is 2.42. The normalized spacial score (nSPS) is 31.0. The van der Waals surface area contributed by atoms with Crippen LogP contribution in [-0.2, 0) is 10.2 Å². The van der Waals surface area contributed by atoms with E-state index in [1.807, 2.05) is 0 Å². The zero-order chi connectivity index (χ0) is 11.9. The summed E-state index contributed by atoms with van der Waals surface area (Å²) < 4.78 is 0. The first-order valence-electron chi connectivity index (χ1n) is 6.55. The lowest BCUT2D eigenvalue weighted by molar-refractivity contribution is -0.121. The van der Waals surface area contributed by atoms with E-state index >= 15 is 0 Å². The lowest BCUT2D eigenvalue weighted by Gasteiger charge is -2.36. The number of hydrogen-bond acceptors (Lipinski definition) is 2. The number of hydrogen-bond donors (Lipinski definition) is 1. The molecule has 0 unspecified atom stereocenters. The van der Waals surface area contributed by atoms with Gasteiger partial charge in [0.2, 0.25) is 0 Å². The van der Waals surface area contributed by atoms with E-state index in [9.17, 15) is 4.79 Å². The lowest BCUT2D eigenvalue weighted by Crippen LogP contribution is -2.35. The molecule has 0 radical (unpaired) electrons. The summed E-state index contributed by atoms with van der Waals surface area (Å²) in [6.07, 6.45) is 4.43. The second-order valence-corrected chi connectivity index (χ2v) is 5.56. The molecule has 1 fully saturated rings. The Hall–Kier alpha value is -1.31. The van der Waals surface area contributed by atoms with Crippen LogP contribution in [0.4, 0.5) is 5.69 Å². The molecule has 1 aliphatic heterocycles. The topological polar surface area (TPSA) is 29.1 Å². The van der Waals surface area contributed by atoms with Crippen LogP contribution in [0.5, 0.6) is 0 Å². The van der Waals surface area contributed by atoms with Gasteiger partial charge in [-0.15, -0.1) is 0 Å². The zero-order valence-electron chi connectivity index (χ0n) is 10.3. The van der Waals surface area contributed by atoms with Gasteiger partial charge in [0.1, 0.15) is 5.78 Å². The smallest absolute Gasteiger partial charge is 0.132 e. The number of nitrogens with one attached hydrogen (secondary N) is 1. The molecule has 17 heavy (non-hydrogen) atoms. The van der Waals surface area contributed by atoms with E-state index < -0.39 is 0 Å². The van der Waals surface area contributed by atoms with E-state index in [2.05, 4.69) is 29.6 Å². The SMILES string of the molecule is CC(=O)C1CCC2(CC1)CNc1ccccc12. The molecule has 0 atom stereocenters. The van der Waals surface area contributed by atoms with Crippen molar-refractivity contribution in [3.63, 3.8) is 0 Å². The first-order valence-corrected chi connectivity index (χ1v) is 6.55. The molecular formula is C15H19NO. The van der Waals surface area contributed by atoms with Gasteiger partial charge in [0.05, 0.1) is 0 Å². The van der Waals surface area contributed by atoms with Crippen LogP contribution in [0.2, 0.25) is 0 Å². The molecule has 90 valence electrons. The number of benzene rings is 1. The van der Waals surface area contributed by atoms with E-state index in [0.717, 1.165) is 32.2 Å². The molecule has 1 aromatic carbocycles. The Bertz CT molecular complexity index is 444. The minimum atomic E-state index is 0.308. The molecule has 2 aliphatic rings. The maximum Gasteiger partial charge on any atom is 0.132 e. The number of para-hydroxylation sites is 1. The number of fused-ring (bicyclic) bond motifs is 2. The molecule has 3 rings (SSSR count). The Labute approximate surface area is 102 Å². The molecule has 1 aliphatic carbocycles. The van der Waals surface area contributed by atoms with E-state index in [4.69, 9.17) is 0 Å². The molecule has 0 aromatic heterocycles. The van der Waals surface area contributed by atoms with Crippen LogP contribution >= 0.6 is 0 Å². The van der Waals surface area contributed by atoms with E-state index in [1.165, 1.54) is 11.3 Å². The van der Waals surface area contributed by atoms with Crippen LogP contribution in [0.25, 0.3) is 0 Å². The summed E-state index contributed by atoms with van der Waals surface area (Å²) in [4.78, 5) is 11.4. The average Bonchev–Trinajstić information content (AvgIpc) is 2.70. The summed E-state index contributed by atoms with van der Waals surface area (Å²) >= 11 is 0. The monoisotopic (exact) mass is 229 g/mol. The van der Waals surface area contributed by atoms with Crippen LogP contribution in [0, 0.1) is 5.92 Å². The second-order valence-electron chi connectivity index (χ2n) is 5.56. The van der Waals surface area contributed by atoms with Crippen LogP contribution in [0.1, 0.15) is 38.2 Å². The fraction of sp³-hybridized carbons (Fsp3) is 0.533. The number of carbonyl (C=O) groups excluding carboxylic acids is 1. The van der Waals surface area contributed by atoms with Gasteiger partial charge in [-0.3, -0.25) is 4.79 Å². The first kappa shape index (κ1) is 10.8. The fourth-order valence-electron chi connectivity index (χ4n) is 3.48. The van der Waals surface area contributed by atoms with Gasteiger partial charge < -0.3 is 5.32 Å². The van der Waals surface area contributed by atoms with Gasteiger partial charge in [-0.05, 0) is 44.2 Å². The molecule has 2 heteroatoms. The lowest BCUT2D eigenvalue weighted by atomic mass is 9.67. The molecule has 0 saturated heterocycles. The van der Waals surface area contributed by atoms with Crippen LogP contribution in [-0.4, -0.2) is 12.3 Å². The van der Waals surface area contributed by atoms with Gasteiger partial charge in [0, 0.05) is 23.6 Å². The predicted molar refractivity (Wildman–Crippen MR) is 69.2 cm³/mol. The van der Waals surface area contributed by atoms with Crippen molar-refractivity contribution in [2.75, 3.05) is 11.9 Å². The quantitative estimate of drug-likeness (QED) is 0.801. The van der Waals surface area contributed by atoms with Gasteiger partial charge in [-0.25, -0.2) is 0 Å². The van der Waals surface area contributed by atoms with E-state index in [1.54, 1.807) is 6.92 Å². The number of anilines is 1. The third-order valence-electron chi connectivity index (χ3n) is 4.63. The molecule has 1 aromatic rings. The standard InChI is InChI=1S/C15H19NO/c1-11(17)12-6-8-15(9-7-12)10-16-14-5-3-2-4-13(14)15/h2-5,12,16H,6-10H2,1H3. The summed E-state index contributed by atoms with van der Waals surface area (Å²) in [5, 5.41) is 3.52. The summed E-state index contributed by atoms with van der Waals surface area (Å²) in [5.41, 5.74) is 3.08. The Morgan fingerprint density at radius 2 is 2.00 bits per heavy atom. The van der Waals surface area contributed by atoms with Crippen molar-refractivity contribution >= 4 is 11.5 Å². The van der Waals surface area contributed by atoms with Gasteiger partial charge >= 0.3 is 0 Å². The Morgan fingerprint density at radius 1 is 1.29 bits per heavy atom. The largest absolute Gasteiger partial charge is 0.384 e. The summed E-state index contributed by atoms with van der Waals surface area (Å²) in [6, 6.07) is 8.64. The average molecular weight is 229 g/mol. The number of Topliss-reactive ketones (excluding diaryl/α,β-unsaturated/α-hetero) is 1. The van der Waals surface area contributed by atoms with Crippen LogP contribution < -0.4 is 5.32 Å². The van der Waals surface area contributed by atoms with Crippen LogP contribution in [0.3, 0.4) is 0 Å². The summed E-state index contributed by atoms with van der Waals surface area (Å²) in [5.74, 6) is 0.687. The third kappa shape index (κ3) is 1.67. The summed E-state index contributed by atoms with van der Waals surface area (Å²) in [7, 11) is 0. The summed E-state index contributed by atoms with van der Waals surface area (Å²) in [6.45, 7) is 2.79. The van der Waals surface area contributed by atoms with Crippen molar-refractivity contribution in [2.24, 2.45) is 5.92 Å².